The maximum atomic E-state index is 8.92. The highest BCUT2D eigenvalue weighted by molar-refractivity contribution is 7.99. The zero-order chi connectivity index (χ0) is 14.5. The molecule has 0 spiro atoms. The van der Waals surface area contributed by atoms with Crippen LogP contribution in [0, 0.1) is 0 Å². The summed E-state index contributed by atoms with van der Waals surface area (Å²) in [4.78, 5) is 1.26. The van der Waals surface area contributed by atoms with Crippen LogP contribution in [0.4, 0.5) is 0 Å². The van der Waals surface area contributed by atoms with Crippen molar-refractivity contribution in [1.29, 1.82) is 0 Å². The van der Waals surface area contributed by atoms with Gasteiger partial charge in [-0.2, -0.15) is 0 Å². The van der Waals surface area contributed by atoms with E-state index in [0.29, 0.717) is 6.61 Å². The summed E-state index contributed by atoms with van der Waals surface area (Å²) < 4.78 is 5.80. The van der Waals surface area contributed by atoms with Crippen molar-refractivity contribution < 1.29 is 9.94 Å². The number of rotatable bonds is 5. The molecule has 3 rings (SSSR count). The largest absolute Gasteiger partial charge is 0.493 e. The fourth-order valence-corrected chi connectivity index (χ4v) is 3.23. The second kappa shape index (κ2) is 6.68. The van der Waals surface area contributed by atoms with E-state index in [1.165, 1.54) is 10.5 Å². The van der Waals surface area contributed by atoms with Crippen molar-refractivity contribution in [2.24, 2.45) is 5.16 Å². The Morgan fingerprint density at radius 1 is 1.10 bits per heavy atom. The van der Waals surface area contributed by atoms with Crippen LogP contribution in [-0.4, -0.2) is 23.3 Å². The first-order valence-electron chi connectivity index (χ1n) is 7.02. The normalized spacial score (nSPS) is 15.1. The van der Waals surface area contributed by atoms with Gasteiger partial charge in [-0.05, 0) is 48.7 Å². The van der Waals surface area contributed by atoms with Crippen LogP contribution in [0.1, 0.15) is 17.5 Å². The van der Waals surface area contributed by atoms with Gasteiger partial charge in [0.05, 0.1) is 12.3 Å². The summed E-state index contributed by atoms with van der Waals surface area (Å²) in [5, 5.41) is 12.3. The molecule has 1 N–H and O–H groups in total. The summed E-state index contributed by atoms with van der Waals surface area (Å²) >= 11 is 1.79. The second-order valence-electron chi connectivity index (χ2n) is 4.88. The highest BCUT2D eigenvalue weighted by atomic mass is 32.2. The molecule has 0 aromatic heterocycles. The molecule has 0 radical (unpaired) electrons. The molecule has 4 heteroatoms. The highest BCUT2D eigenvalue weighted by Gasteiger charge is 2.18. The zero-order valence-corrected chi connectivity index (χ0v) is 12.5. The van der Waals surface area contributed by atoms with Crippen LogP contribution >= 0.6 is 11.8 Å². The van der Waals surface area contributed by atoms with E-state index < -0.39 is 0 Å². The number of hydrogen-bond donors (Lipinski definition) is 1. The van der Waals surface area contributed by atoms with Gasteiger partial charge in [-0.25, -0.2) is 0 Å². The molecule has 0 fully saturated rings. The lowest BCUT2D eigenvalue weighted by Crippen LogP contribution is -2.01. The molecule has 21 heavy (non-hydrogen) atoms. The summed E-state index contributed by atoms with van der Waals surface area (Å²) in [6.45, 7) is 0.680. The number of benzene rings is 2. The lowest BCUT2D eigenvalue weighted by molar-refractivity contribution is 0.318. The van der Waals surface area contributed by atoms with Crippen LogP contribution < -0.4 is 4.74 Å². The molecule has 2 aromatic rings. The predicted molar refractivity (Wildman–Crippen MR) is 85.7 cm³/mol. The van der Waals surface area contributed by atoms with Crippen LogP contribution in [0.3, 0.4) is 0 Å². The van der Waals surface area contributed by atoms with E-state index in [-0.39, 0.29) is 0 Å². The number of hydrogen-bond acceptors (Lipinski definition) is 4. The Balaban J connectivity index is 1.53. The van der Waals surface area contributed by atoms with Gasteiger partial charge in [0.1, 0.15) is 5.75 Å². The molecule has 2 aromatic carbocycles. The molecule has 0 aliphatic heterocycles. The van der Waals surface area contributed by atoms with E-state index in [0.717, 1.165) is 35.6 Å². The first-order valence-corrected chi connectivity index (χ1v) is 8.00. The van der Waals surface area contributed by atoms with Crippen molar-refractivity contribution in [2.45, 2.75) is 17.7 Å². The molecule has 0 heterocycles. The molecule has 3 nitrogen and oxygen atoms in total. The van der Waals surface area contributed by atoms with Crippen LogP contribution in [0.25, 0.3) is 0 Å². The number of nitrogens with zero attached hydrogens (tertiary/aromatic N) is 1. The molecule has 0 atom stereocenters. The van der Waals surface area contributed by atoms with Crippen molar-refractivity contribution in [3.8, 4) is 5.75 Å². The molecular formula is C17H17NO2S. The van der Waals surface area contributed by atoms with Gasteiger partial charge in [-0.3, -0.25) is 0 Å². The van der Waals surface area contributed by atoms with Gasteiger partial charge in [0.15, 0.2) is 0 Å². The molecule has 0 saturated carbocycles. The van der Waals surface area contributed by atoms with Crippen molar-refractivity contribution in [2.75, 3.05) is 12.4 Å². The molecule has 0 saturated heterocycles. The predicted octanol–water partition coefficient (Wildman–Crippen LogP) is 3.98. The molecule has 1 aliphatic rings. The van der Waals surface area contributed by atoms with Gasteiger partial charge in [0.25, 0.3) is 0 Å². The minimum atomic E-state index is 0.680. The van der Waals surface area contributed by atoms with Crippen LogP contribution in [0.15, 0.2) is 58.6 Å². The van der Waals surface area contributed by atoms with Crippen LogP contribution in [-0.2, 0) is 6.42 Å². The minimum absolute atomic E-state index is 0.680. The number of fused-ring (bicyclic) bond motifs is 1. The minimum Gasteiger partial charge on any atom is -0.493 e. The van der Waals surface area contributed by atoms with E-state index in [9.17, 15) is 0 Å². The summed E-state index contributed by atoms with van der Waals surface area (Å²) in [5.74, 6) is 1.81. The van der Waals surface area contributed by atoms with Crippen molar-refractivity contribution >= 4 is 17.5 Å². The summed E-state index contributed by atoms with van der Waals surface area (Å²) in [6, 6.07) is 16.3. The number of thioether (sulfide) groups is 1. The van der Waals surface area contributed by atoms with Gasteiger partial charge in [-0.1, -0.05) is 23.4 Å². The smallest absolute Gasteiger partial charge is 0.119 e. The quantitative estimate of drug-likeness (QED) is 0.393. The second-order valence-corrected chi connectivity index (χ2v) is 6.04. The van der Waals surface area contributed by atoms with Gasteiger partial charge >= 0.3 is 0 Å². The Hall–Kier alpha value is -1.94. The summed E-state index contributed by atoms with van der Waals surface area (Å²) in [5.41, 5.74) is 3.02. The Labute approximate surface area is 128 Å². The van der Waals surface area contributed by atoms with E-state index in [1.54, 1.807) is 11.8 Å². The maximum Gasteiger partial charge on any atom is 0.119 e. The molecule has 108 valence electrons. The average Bonchev–Trinajstić information content (AvgIpc) is 2.95. The SMILES string of the molecule is O/N=C1/CCc2cc(OCCSc3ccccc3)ccc21. The summed E-state index contributed by atoms with van der Waals surface area (Å²) in [7, 11) is 0. The topological polar surface area (TPSA) is 41.8 Å². The lowest BCUT2D eigenvalue weighted by atomic mass is 10.1. The number of ether oxygens (including phenoxy) is 1. The summed E-state index contributed by atoms with van der Waals surface area (Å²) in [6.07, 6.45) is 1.73. The Morgan fingerprint density at radius 2 is 1.95 bits per heavy atom. The molecule has 0 unspecified atom stereocenters. The Bertz CT molecular complexity index is 640. The lowest BCUT2D eigenvalue weighted by Gasteiger charge is -2.08. The molecular weight excluding hydrogens is 282 g/mol. The van der Waals surface area contributed by atoms with Gasteiger partial charge in [0, 0.05) is 16.2 Å². The van der Waals surface area contributed by atoms with E-state index in [1.807, 2.05) is 30.3 Å². The number of aryl methyl sites for hydroxylation is 1. The fraction of sp³-hybridized carbons (Fsp3) is 0.235. The molecule has 1 aliphatic carbocycles. The van der Waals surface area contributed by atoms with Crippen molar-refractivity contribution in [1.82, 2.24) is 0 Å². The molecule has 0 amide bonds. The maximum absolute atomic E-state index is 8.92. The Morgan fingerprint density at radius 3 is 2.76 bits per heavy atom. The van der Waals surface area contributed by atoms with Crippen LogP contribution in [0.5, 0.6) is 5.75 Å². The fourth-order valence-electron chi connectivity index (χ4n) is 2.48. The Kier molecular flexibility index (Phi) is 4.46. The zero-order valence-electron chi connectivity index (χ0n) is 11.7. The number of oxime groups is 1. The van der Waals surface area contributed by atoms with Gasteiger partial charge < -0.3 is 9.94 Å². The highest BCUT2D eigenvalue weighted by Crippen LogP contribution is 2.27. The third-order valence-electron chi connectivity index (χ3n) is 3.50. The van der Waals surface area contributed by atoms with E-state index >= 15 is 0 Å². The standard InChI is InChI=1S/C17H17NO2S/c19-18-17-9-6-13-12-14(7-8-16(13)17)20-10-11-21-15-4-2-1-3-5-15/h1-5,7-8,12,19H,6,9-11H2/b18-17-. The van der Waals surface area contributed by atoms with E-state index in [4.69, 9.17) is 9.94 Å². The first kappa shape index (κ1) is 14.0. The van der Waals surface area contributed by atoms with Gasteiger partial charge in [-0.15, -0.1) is 11.8 Å². The van der Waals surface area contributed by atoms with Crippen molar-refractivity contribution in [3.63, 3.8) is 0 Å². The average molecular weight is 299 g/mol. The monoisotopic (exact) mass is 299 g/mol. The third-order valence-corrected chi connectivity index (χ3v) is 4.48. The third kappa shape index (κ3) is 3.39. The molecule has 0 bridgehead atoms. The van der Waals surface area contributed by atoms with E-state index in [2.05, 4.69) is 23.4 Å². The van der Waals surface area contributed by atoms with Gasteiger partial charge in [0.2, 0.25) is 0 Å². The van der Waals surface area contributed by atoms with Crippen LogP contribution in [0.2, 0.25) is 0 Å². The first-order chi connectivity index (χ1) is 10.4. The van der Waals surface area contributed by atoms with Crippen molar-refractivity contribution in [3.05, 3.63) is 59.7 Å².